The molecule has 1 saturated heterocycles. The number of carbonyl (C=O) groups excluding carboxylic acids is 3. The lowest BCUT2D eigenvalue weighted by molar-refractivity contribution is -0.438. The number of hydroxylamine groups is 2. The standard InChI is InChI=1S/C53H65ClN4O13S3/c1-52(2)42-36-40(55(29-11-33-72-70-68-62)30-12-34-73-71-69-63)22-24-43(42)56(32-13-35-74(64,65)66)45(52)25-20-38-15-10-16-39(51(38)54)21-26-46-53(3,4)50-41-17-8-7-14-37(41)19-23-44(50)57(46)31-9-5-6-18-49(61)67-58-47(59)27-28-48(58)60/h7-8,14,17,19-26,36H,5-6,9-13,15-16,18,27-35H2,1-4H3,(H2-,62,63,64,65,66)/p+1. The Labute approximate surface area is 446 Å². The number of carbonyl (C=O) groups is 3. The Hall–Kier alpha value is -4.58. The highest BCUT2D eigenvalue weighted by Gasteiger charge is 2.46. The number of fused-ring (bicyclic) bond motifs is 4. The molecule has 3 aliphatic heterocycles. The van der Waals surface area contributed by atoms with Crippen LogP contribution in [0.1, 0.15) is 116 Å². The highest BCUT2D eigenvalue weighted by molar-refractivity contribution is 7.94. The van der Waals surface area contributed by atoms with Gasteiger partial charge in [-0.2, -0.15) is 13.0 Å². The second-order valence-corrected chi connectivity index (χ2v) is 23.2. The maximum absolute atomic E-state index is 12.5. The third-order valence-electron chi connectivity index (χ3n) is 14.0. The number of hydrogen-bond acceptors (Lipinski definition) is 16. The molecule has 3 N–H and O–H groups in total. The molecule has 0 bridgehead atoms. The normalized spacial score (nSPS) is 18.5. The quantitative estimate of drug-likeness (QED) is 0.0123. The molecular weight excluding hydrogens is 1030 g/mol. The van der Waals surface area contributed by atoms with Crippen LogP contribution in [0.25, 0.3) is 10.8 Å². The van der Waals surface area contributed by atoms with Crippen molar-refractivity contribution in [1.29, 1.82) is 0 Å². The molecule has 3 aromatic carbocycles. The molecule has 17 nitrogen and oxygen atoms in total. The molecule has 1 fully saturated rings. The van der Waals surface area contributed by atoms with Crippen molar-refractivity contribution in [2.75, 3.05) is 53.2 Å². The van der Waals surface area contributed by atoms with Gasteiger partial charge in [-0.05, 0) is 123 Å². The second-order valence-electron chi connectivity index (χ2n) is 19.7. The zero-order valence-electron chi connectivity index (χ0n) is 42.3. The van der Waals surface area contributed by atoms with E-state index in [2.05, 4.69) is 128 Å². The van der Waals surface area contributed by atoms with Gasteiger partial charge in [-0.15, -0.1) is 13.7 Å². The molecule has 0 aromatic heterocycles. The van der Waals surface area contributed by atoms with Crippen molar-refractivity contribution >= 4 is 97.1 Å². The monoisotopic (exact) mass is 1100 g/mol. The first kappa shape index (κ1) is 57.1. The molecule has 2 amide bonds. The van der Waals surface area contributed by atoms with Gasteiger partial charge in [0.05, 0.1) is 11.2 Å². The van der Waals surface area contributed by atoms with Crippen LogP contribution >= 0.6 is 35.7 Å². The zero-order chi connectivity index (χ0) is 53.0. The van der Waals surface area contributed by atoms with Gasteiger partial charge in [-0.1, -0.05) is 71.9 Å². The van der Waals surface area contributed by atoms with E-state index < -0.39 is 33.3 Å². The first-order chi connectivity index (χ1) is 35.5. The highest BCUT2D eigenvalue weighted by atomic mass is 35.5. The first-order valence-electron chi connectivity index (χ1n) is 25.0. The maximum atomic E-state index is 12.5. The summed E-state index contributed by atoms with van der Waals surface area (Å²) in [5, 5.41) is 28.3. The van der Waals surface area contributed by atoms with Crippen LogP contribution in [0.2, 0.25) is 0 Å². The molecule has 0 atom stereocenters. The van der Waals surface area contributed by atoms with Gasteiger partial charge < -0.3 is 14.6 Å². The minimum atomic E-state index is -4.19. The number of nitrogens with zero attached hydrogens (tertiary/aromatic N) is 4. The van der Waals surface area contributed by atoms with E-state index in [1.165, 1.54) is 10.9 Å². The topological polar surface area (TPSA) is 205 Å². The number of imide groups is 1. The van der Waals surface area contributed by atoms with Gasteiger partial charge in [0.1, 0.15) is 6.54 Å². The van der Waals surface area contributed by atoms with E-state index in [9.17, 15) is 27.4 Å². The van der Waals surface area contributed by atoms with Gasteiger partial charge in [-0.3, -0.25) is 14.1 Å². The number of anilines is 2. The molecular formula is C53H66ClN4O13S3+. The lowest BCUT2D eigenvalue weighted by Crippen LogP contribution is -2.31. The number of rotatable bonds is 27. The van der Waals surface area contributed by atoms with Crippen LogP contribution in [0.5, 0.6) is 0 Å². The summed E-state index contributed by atoms with van der Waals surface area (Å²) >= 11 is 9.38. The van der Waals surface area contributed by atoms with Gasteiger partial charge >= 0.3 is 5.97 Å². The molecule has 400 valence electrons. The molecule has 21 heteroatoms. The third-order valence-corrected chi connectivity index (χ3v) is 16.6. The Morgan fingerprint density at radius 2 is 1.54 bits per heavy atom. The molecule has 0 saturated carbocycles. The third kappa shape index (κ3) is 13.9. The molecule has 0 unspecified atom stereocenters. The molecule has 4 aliphatic rings. The molecule has 3 heterocycles. The van der Waals surface area contributed by atoms with Crippen LogP contribution in [0.3, 0.4) is 0 Å². The van der Waals surface area contributed by atoms with Crippen molar-refractivity contribution in [3.05, 3.63) is 112 Å². The lowest BCUT2D eigenvalue weighted by atomic mass is 9.79. The Morgan fingerprint density at radius 3 is 2.23 bits per heavy atom. The molecule has 74 heavy (non-hydrogen) atoms. The average Bonchev–Trinajstić information content (AvgIpc) is 3.88. The van der Waals surface area contributed by atoms with E-state index in [0.29, 0.717) is 67.0 Å². The summed E-state index contributed by atoms with van der Waals surface area (Å²) in [6.45, 7) is 11.2. The fourth-order valence-electron chi connectivity index (χ4n) is 10.5. The van der Waals surface area contributed by atoms with Crippen molar-refractivity contribution in [1.82, 2.24) is 5.06 Å². The van der Waals surface area contributed by atoms with Crippen molar-refractivity contribution in [3.8, 4) is 0 Å². The van der Waals surface area contributed by atoms with Crippen LogP contribution in [0.15, 0.2) is 101 Å². The lowest BCUT2D eigenvalue weighted by Gasteiger charge is -2.27. The minimum Gasteiger partial charge on any atom is -0.371 e. The molecule has 1 aliphatic carbocycles. The van der Waals surface area contributed by atoms with E-state index >= 15 is 0 Å². The Bertz CT molecular complexity index is 2800. The van der Waals surface area contributed by atoms with Gasteiger partial charge in [0.25, 0.3) is 21.9 Å². The summed E-state index contributed by atoms with van der Waals surface area (Å²) in [7, 11) is -4.19. The number of benzene rings is 3. The van der Waals surface area contributed by atoms with Crippen molar-refractivity contribution < 1.29 is 66.0 Å². The predicted molar refractivity (Wildman–Crippen MR) is 288 cm³/mol. The van der Waals surface area contributed by atoms with Crippen LogP contribution in [-0.4, -0.2) is 100 Å². The molecule has 0 spiro atoms. The summed E-state index contributed by atoms with van der Waals surface area (Å²) in [6.07, 6.45) is 14.8. The number of allylic oxidation sites excluding steroid dienone is 8. The summed E-state index contributed by atoms with van der Waals surface area (Å²) in [4.78, 5) is 45.9. The molecule has 3 aromatic rings. The number of unbranched alkanes of at least 4 members (excludes halogenated alkanes) is 2. The first-order valence-corrected chi connectivity index (χ1v) is 28.8. The Balaban J connectivity index is 1.15. The van der Waals surface area contributed by atoms with Crippen LogP contribution in [0.4, 0.5) is 17.1 Å². The summed E-state index contributed by atoms with van der Waals surface area (Å²) in [5.74, 6) is -0.841. The zero-order valence-corrected chi connectivity index (χ0v) is 45.5. The molecule has 0 radical (unpaired) electrons. The van der Waals surface area contributed by atoms with Crippen LogP contribution < -0.4 is 9.80 Å². The average molecular weight is 1100 g/mol. The van der Waals surface area contributed by atoms with Gasteiger partial charge in [0, 0.05) is 126 Å². The minimum absolute atomic E-state index is 0.0517. The van der Waals surface area contributed by atoms with E-state index in [4.69, 9.17) is 27.0 Å². The number of hydrogen-bond donors (Lipinski definition) is 3. The number of amides is 2. The van der Waals surface area contributed by atoms with Crippen molar-refractivity contribution in [3.63, 3.8) is 0 Å². The van der Waals surface area contributed by atoms with Crippen LogP contribution in [-0.2, 0) is 58.9 Å². The Morgan fingerprint density at radius 1 is 0.838 bits per heavy atom. The van der Waals surface area contributed by atoms with Crippen LogP contribution in [0, 0.1) is 0 Å². The SMILES string of the molecule is CC1(C)C(=CC=C2CCCC(C=CC3=[N+](CCCCCC(=O)ON4C(=O)CCC4=O)c4ccc5ccccc5c4C3(C)C)=C2Cl)N(CCCS(=O)(=O)O)c2ccc(N(CCCSOOO)CCCSOOO)cc21. The largest absolute Gasteiger partial charge is 0.371 e. The molecule has 7 rings (SSSR count). The van der Waals surface area contributed by atoms with E-state index in [-0.39, 0.29) is 36.9 Å². The number of halogens is 1. The fraction of sp³-hybridized carbons (Fsp3) is 0.472. The smallest absolute Gasteiger partial charge is 0.333 e. The fourth-order valence-corrected chi connectivity index (χ4v) is 12.0. The predicted octanol–water partition coefficient (Wildman–Crippen LogP) is 11.2. The Kier molecular flexibility index (Phi) is 20.1. The summed E-state index contributed by atoms with van der Waals surface area (Å²) in [5.41, 5.74) is 8.53. The van der Waals surface area contributed by atoms with E-state index in [1.807, 2.05) is 12.1 Å². The summed E-state index contributed by atoms with van der Waals surface area (Å²) < 4.78 is 45.1. The maximum Gasteiger partial charge on any atom is 0.333 e. The second kappa shape index (κ2) is 26.0. The van der Waals surface area contributed by atoms with Crippen molar-refractivity contribution in [2.24, 2.45) is 0 Å². The summed E-state index contributed by atoms with van der Waals surface area (Å²) in [6, 6.07) is 19.0. The van der Waals surface area contributed by atoms with Gasteiger partial charge in [-0.25, -0.2) is 15.3 Å². The van der Waals surface area contributed by atoms with E-state index in [1.54, 1.807) is 0 Å². The van der Waals surface area contributed by atoms with Gasteiger partial charge in [0.15, 0.2) is 5.71 Å². The van der Waals surface area contributed by atoms with Crippen molar-refractivity contribution in [2.45, 2.75) is 116 Å². The van der Waals surface area contributed by atoms with Gasteiger partial charge in [0.2, 0.25) is 5.69 Å². The van der Waals surface area contributed by atoms with E-state index in [0.717, 1.165) is 107 Å². The highest BCUT2D eigenvalue weighted by Crippen LogP contribution is 2.50.